The van der Waals surface area contributed by atoms with Gasteiger partial charge in [-0.2, -0.15) is 0 Å². The summed E-state index contributed by atoms with van der Waals surface area (Å²) in [5.74, 6) is -0.506. The zero-order chi connectivity index (χ0) is 65.6. The number of hydrogen-bond acceptors (Lipinski definition) is 6. The van der Waals surface area contributed by atoms with E-state index in [9.17, 15) is 19.0 Å². The molecule has 0 saturated heterocycles. The molecule has 520 valence electrons. The molecule has 0 aliphatic carbocycles. The lowest BCUT2D eigenvalue weighted by atomic mass is 10.0. The minimum atomic E-state index is -4.46. The number of nitrogens with zero attached hydrogens (tertiary/aromatic N) is 1. The van der Waals surface area contributed by atoms with E-state index in [2.05, 4.69) is 123 Å². The van der Waals surface area contributed by atoms with Crippen LogP contribution in [0.3, 0.4) is 0 Å². The first-order valence-electron chi connectivity index (χ1n) is 37.7. The third-order valence-corrected chi connectivity index (χ3v) is 17.4. The fourth-order valence-corrected chi connectivity index (χ4v) is 11.4. The summed E-state index contributed by atoms with van der Waals surface area (Å²) in [4.78, 5) is 38.0. The molecule has 0 aromatic carbocycles. The van der Waals surface area contributed by atoms with Crippen molar-refractivity contribution in [2.24, 2.45) is 0 Å². The molecule has 0 heterocycles. The Morgan fingerprint density at radius 2 is 0.711 bits per heavy atom. The van der Waals surface area contributed by atoms with E-state index >= 15 is 0 Å². The highest BCUT2D eigenvalue weighted by atomic mass is 31.2. The summed E-state index contributed by atoms with van der Waals surface area (Å²) in [6, 6.07) is -0.858. The summed E-state index contributed by atoms with van der Waals surface area (Å²) < 4.78 is 30.9. The van der Waals surface area contributed by atoms with Gasteiger partial charge >= 0.3 is 13.8 Å². The number of unbranched alkanes of at least 4 members (excludes halogenated alkanes) is 36. The average molecular weight is 1280 g/mol. The highest BCUT2D eigenvalue weighted by Crippen LogP contribution is 2.43. The molecule has 10 heteroatoms. The molecule has 0 aromatic heterocycles. The Morgan fingerprint density at radius 3 is 1.09 bits per heavy atom. The van der Waals surface area contributed by atoms with Gasteiger partial charge in [0.2, 0.25) is 5.91 Å². The van der Waals surface area contributed by atoms with Gasteiger partial charge in [0.25, 0.3) is 0 Å². The zero-order valence-corrected chi connectivity index (χ0v) is 60.5. The van der Waals surface area contributed by atoms with Crippen molar-refractivity contribution < 1.29 is 37.3 Å². The Bertz CT molecular complexity index is 1910. The molecule has 0 saturated carbocycles. The van der Waals surface area contributed by atoms with Crippen molar-refractivity contribution in [2.75, 3.05) is 40.9 Å². The number of likely N-dealkylation sites (N-methyl/N-ethyl adjacent to an activating group) is 1. The van der Waals surface area contributed by atoms with Crippen LogP contribution in [-0.2, 0) is 27.9 Å². The van der Waals surface area contributed by atoms with Crippen LogP contribution in [0.5, 0.6) is 0 Å². The molecule has 0 aromatic rings. The topological polar surface area (TPSA) is 111 Å². The van der Waals surface area contributed by atoms with Gasteiger partial charge in [-0.15, -0.1) is 0 Å². The van der Waals surface area contributed by atoms with E-state index in [1.165, 1.54) is 199 Å². The Hall–Kier alpha value is -3.33. The van der Waals surface area contributed by atoms with E-state index in [1.807, 2.05) is 33.3 Å². The number of carbonyl (C=O) groups is 2. The summed E-state index contributed by atoms with van der Waals surface area (Å²) in [6.45, 7) is 6.90. The summed E-state index contributed by atoms with van der Waals surface area (Å²) in [5, 5.41) is 3.08. The van der Waals surface area contributed by atoms with E-state index in [-0.39, 0.29) is 31.5 Å². The zero-order valence-electron chi connectivity index (χ0n) is 59.6. The highest BCUT2D eigenvalue weighted by Gasteiger charge is 2.30. The van der Waals surface area contributed by atoms with Gasteiger partial charge in [-0.05, 0) is 115 Å². The minimum absolute atomic E-state index is 0.0358. The normalized spacial score (nSPS) is 14.1. The van der Waals surface area contributed by atoms with Crippen LogP contribution >= 0.6 is 7.82 Å². The molecule has 1 amide bonds. The fourth-order valence-electron chi connectivity index (χ4n) is 10.7. The van der Waals surface area contributed by atoms with E-state index in [4.69, 9.17) is 13.8 Å². The molecule has 90 heavy (non-hydrogen) atoms. The number of nitrogens with one attached hydrogen (secondary N) is 1. The number of phosphoric ester groups is 1. The van der Waals surface area contributed by atoms with Gasteiger partial charge < -0.3 is 19.4 Å². The van der Waals surface area contributed by atoms with E-state index in [0.29, 0.717) is 17.4 Å². The highest BCUT2D eigenvalue weighted by molar-refractivity contribution is 7.47. The quantitative estimate of drug-likeness (QED) is 0.0205. The molecular formula is C80H144N2O7P+. The van der Waals surface area contributed by atoms with Crippen LogP contribution < -0.4 is 5.32 Å². The molecule has 0 radical (unpaired) electrons. The fraction of sp³-hybridized carbons (Fsp3) is 0.750. The molecular weight excluding hydrogens is 1130 g/mol. The maximum atomic E-state index is 13.6. The maximum absolute atomic E-state index is 13.6. The van der Waals surface area contributed by atoms with Crippen molar-refractivity contribution in [3.05, 3.63) is 109 Å². The number of phosphoric acid groups is 1. The van der Waals surface area contributed by atoms with Gasteiger partial charge in [0.15, 0.2) is 0 Å². The van der Waals surface area contributed by atoms with Crippen LogP contribution in [0.25, 0.3) is 0 Å². The van der Waals surface area contributed by atoms with Crippen LogP contribution in [0.2, 0.25) is 0 Å². The predicted octanol–water partition coefficient (Wildman–Crippen LogP) is 24.4. The number of hydrogen-bond donors (Lipinski definition) is 2. The molecule has 0 spiro atoms. The number of esters is 1. The summed E-state index contributed by atoms with van der Waals surface area (Å²) in [5.41, 5.74) is 0. The number of ether oxygens (including phenoxy) is 1. The maximum Gasteiger partial charge on any atom is 0.472 e. The lowest BCUT2D eigenvalue weighted by molar-refractivity contribution is -0.870. The van der Waals surface area contributed by atoms with E-state index < -0.39 is 20.0 Å². The van der Waals surface area contributed by atoms with Crippen LogP contribution in [0.15, 0.2) is 109 Å². The number of carbonyl (C=O) groups excluding carboxylic acids is 2. The number of amides is 1. The largest absolute Gasteiger partial charge is 0.472 e. The first kappa shape index (κ1) is 86.7. The van der Waals surface area contributed by atoms with Gasteiger partial charge in [-0.1, -0.05) is 317 Å². The lowest BCUT2D eigenvalue weighted by Gasteiger charge is -2.27. The van der Waals surface area contributed by atoms with Crippen LogP contribution in [0.4, 0.5) is 0 Å². The van der Waals surface area contributed by atoms with Crippen LogP contribution in [0, 0.1) is 0 Å². The monoisotopic (exact) mass is 1280 g/mol. The van der Waals surface area contributed by atoms with Gasteiger partial charge in [0, 0.05) is 12.8 Å². The van der Waals surface area contributed by atoms with Crippen LogP contribution in [0.1, 0.15) is 335 Å². The number of allylic oxidation sites excluding steroid dienone is 17. The Morgan fingerprint density at radius 1 is 0.400 bits per heavy atom. The SMILES string of the molecule is CC/C=C\C/C=C\C/C=C\C/C=C\C/C=C\CCCCCCCCCCCCCC(=O)OC(/C=C/CCCCCCCCCCCC)C(COP(=O)(O)OCC[N+](C)(C)C)NC(=O)CCCCCCCCCCCCCC/C=C\C/C=C\C/C=C\CCCCC. The molecule has 0 bridgehead atoms. The second-order valence-corrected chi connectivity index (χ2v) is 27.9. The van der Waals surface area contributed by atoms with Gasteiger partial charge in [0.05, 0.1) is 33.8 Å². The van der Waals surface area contributed by atoms with E-state index in [0.717, 1.165) is 103 Å². The standard InChI is InChI=1S/C80H143N2O7P/c1-7-10-13-16-19-22-25-28-30-32-34-36-38-40-41-43-45-47-49-51-53-55-58-61-64-67-70-73-80(84)89-78(71-68-65-62-59-56-27-24-21-18-15-12-9-3)77(76-88-90(85,86)87-75-74-82(4,5)6)81-79(83)72-69-66-63-60-57-54-52-50-48-46-44-42-39-37-35-33-31-29-26-23-20-17-14-11-8-2/h10,13,19-20,22-23,28-31,34-37,40-41,68,71,77-78H,7-9,11-12,14-18,21,24-27,32-33,38-39,42-67,69-70,72-76H2,1-6H3,(H-,81,83,85,86)/p+1/b13-10-,22-19-,23-20-,30-28-,31-29-,36-34-,37-35-,41-40-,71-68+. The lowest BCUT2D eigenvalue weighted by Crippen LogP contribution is -2.47. The van der Waals surface area contributed by atoms with Crippen LogP contribution in [-0.4, -0.2) is 74.3 Å². The smallest absolute Gasteiger partial charge is 0.456 e. The number of rotatable bonds is 68. The van der Waals surface area contributed by atoms with Crippen molar-refractivity contribution >= 4 is 19.7 Å². The van der Waals surface area contributed by atoms with E-state index in [1.54, 1.807) is 0 Å². The second-order valence-electron chi connectivity index (χ2n) is 26.4. The molecule has 0 rings (SSSR count). The average Bonchev–Trinajstić information content (AvgIpc) is 3.12. The van der Waals surface area contributed by atoms with Crippen molar-refractivity contribution in [2.45, 2.75) is 348 Å². The molecule has 0 fully saturated rings. The summed E-state index contributed by atoms with van der Waals surface area (Å²) in [6.07, 6.45) is 95.3. The molecule has 0 aliphatic heterocycles. The second kappa shape index (κ2) is 68.5. The molecule has 0 aliphatic rings. The Balaban J connectivity index is 5.00. The molecule has 9 nitrogen and oxygen atoms in total. The van der Waals surface area contributed by atoms with Gasteiger partial charge in [0.1, 0.15) is 19.3 Å². The molecule has 3 atom stereocenters. The Kier molecular flexibility index (Phi) is 66.0. The predicted molar refractivity (Wildman–Crippen MR) is 392 cm³/mol. The van der Waals surface area contributed by atoms with Crippen molar-refractivity contribution in [1.82, 2.24) is 5.32 Å². The van der Waals surface area contributed by atoms with Crippen molar-refractivity contribution in [1.29, 1.82) is 0 Å². The third-order valence-electron chi connectivity index (χ3n) is 16.4. The molecule has 2 N–H and O–H groups in total. The third kappa shape index (κ3) is 69.0. The Labute approximate surface area is 557 Å². The first-order chi connectivity index (χ1) is 43.9. The molecule has 3 unspecified atom stereocenters. The summed E-state index contributed by atoms with van der Waals surface area (Å²) >= 11 is 0. The van der Waals surface area contributed by atoms with Crippen molar-refractivity contribution in [3.8, 4) is 0 Å². The van der Waals surface area contributed by atoms with Gasteiger partial charge in [-0.3, -0.25) is 18.6 Å². The number of quaternary nitrogens is 1. The van der Waals surface area contributed by atoms with Crippen molar-refractivity contribution in [3.63, 3.8) is 0 Å². The minimum Gasteiger partial charge on any atom is -0.456 e. The summed E-state index contributed by atoms with van der Waals surface area (Å²) in [7, 11) is 1.49. The first-order valence-corrected chi connectivity index (χ1v) is 39.2. The van der Waals surface area contributed by atoms with Gasteiger partial charge in [-0.25, -0.2) is 4.57 Å².